The number of hydrogen-bond donors (Lipinski definition) is 0. The molecule has 0 aliphatic carbocycles. The maximum absolute atomic E-state index is 10.4. The highest BCUT2D eigenvalue weighted by Crippen LogP contribution is 2.30. The molecule has 1 aliphatic rings. The standard InChI is InChI=1S/C9H16O2.H2O/c1-2-3-4-5-6-9(7-10)8-11-9;/h7H,2-6,8H2,1H3;1H2. The monoisotopic (exact) mass is 174 g/mol. The topological polar surface area (TPSA) is 61.1 Å². The maximum Gasteiger partial charge on any atom is 0.154 e. The molecular formula is C9H18O3. The van der Waals surface area contributed by atoms with Gasteiger partial charge in [0.2, 0.25) is 0 Å². The summed E-state index contributed by atoms with van der Waals surface area (Å²) in [5.41, 5.74) is -0.340. The molecule has 3 nitrogen and oxygen atoms in total. The molecule has 0 spiro atoms. The van der Waals surface area contributed by atoms with Crippen molar-refractivity contribution in [3.05, 3.63) is 0 Å². The van der Waals surface area contributed by atoms with Crippen molar-refractivity contribution in [1.29, 1.82) is 0 Å². The minimum Gasteiger partial charge on any atom is -0.412 e. The van der Waals surface area contributed by atoms with E-state index >= 15 is 0 Å². The second-order valence-electron chi connectivity index (χ2n) is 3.28. The first-order chi connectivity index (χ1) is 5.33. The van der Waals surface area contributed by atoms with Crippen molar-refractivity contribution in [3.8, 4) is 0 Å². The van der Waals surface area contributed by atoms with Gasteiger partial charge in [-0.25, -0.2) is 0 Å². The van der Waals surface area contributed by atoms with Crippen molar-refractivity contribution >= 4 is 6.29 Å². The summed E-state index contributed by atoms with van der Waals surface area (Å²) in [5.74, 6) is 0. The van der Waals surface area contributed by atoms with Crippen molar-refractivity contribution in [3.63, 3.8) is 0 Å². The number of unbranched alkanes of at least 4 members (excludes halogenated alkanes) is 3. The fraction of sp³-hybridized carbons (Fsp3) is 0.889. The third-order valence-corrected chi connectivity index (χ3v) is 2.18. The lowest BCUT2D eigenvalue weighted by molar-refractivity contribution is -0.112. The Hall–Kier alpha value is -0.410. The summed E-state index contributed by atoms with van der Waals surface area (Å²) in [4.78, 5) is 10.4. The molecule has 1 atom stereocenters. The Bertz CT molecular complexity index is 130. The first kappa shape index (κ1) is 11.6. The zero-order valence-electron chi connectivity index (χ0n) is 7.64. The molecule has 1 fully saturated rings. The normalized spacial score (nSPS) is 26.1. The fourth-order valence-corrected chi connectivity index (χ4v) is 1.22. The summed E-state index contributed by atoms with van der Waals surface area (Å²) in [5, 5.41) is 0. The SMILES string of the molecule is CCCCCCC1(C=O)CO1.O. The summed E-state index contributed by atoms with van der Waals surface area (Å²) >= 11 is 0. The van der Waals surface area contributed by atoms with E-state index < -0.39 is 0 Å². The van der Waals surface area contributed by atoms with E-state index in [9.17, 15) is 4.79 Å². The number of ether oxygens (including phenoxy) is 1. The summed E-state index contributed by atoms with van der Waals surface area (Å²) in [6, 6.07) is 0. The molecule has 0 aromatic carbocycles. The Morgan fingerprint density at radius 1 is 1.42 bits per heavy atom. The van der Waals surface area contributed by atoms with E-state index in [0.717, 1.165) is 19.1 Å². The van der Waals surface area contributed by atoms with Crippen LogP contribution in [0.2, 0.25) is 0 Å². The number of rotatable bonds is 6. The molecular weight excluding hydrogens is 156 g/mol. The molecule has 1 aliphatic heterocycles. The van der Waals surface area contributed by atoms with Gasteiger partial charge < -0.3 is 15.0 Å². The van der Waals surface area contributed by atoms with Gasteiger partial charge in [-0.2, -0.15) is 0 Å². The quantitative estimate of drug-likeness (QED) is 0.344. The summed E-state index contributed by atoms with van der Waals surface area (Å²) < 4.78 is 5.06. The van der Waals surface area contributed by atoms with Gasteiger partial charge >= 0.3 is 0 Å². The predicted octanol–water partition coefficient (Wildman–Crippen LogP) is 1.10. The fourth-order valence-electron chi connectivity index (χ4n) is 1.22. The number of carbonyl (C=O) groups excluding carboxylic acids is 1. The van der Waals surface area contributed by atoms with Crippen LogP contribution in [-0.2, 0) is 9.53 Å². The number of aldehydes is 1. The van der Waals surface area contributed by atoms with Crippen LogP contribution in [-0.4, -0.2) is 24.0 Å². The molecule has 1 heterocycles. The summed E-state index contributed by atoms with van der Waals surface area (Å²) in [7, 11) is 0. The number of carbonyl (C=O) groups is 1. The predicted molar refractivity (Wildman–Crippen MR) is 47.1 cm³/mol. The van der Waals surface area contributed by atoms with Crippen LogP contribution in [0.4, 0.5) is 0 Å². The highest BCUT2D eigenvalue weighted by molar-refractivity contribution is 5.66. The van der Waals surface area contributed by atoms with Crippen LogP contribution in [0.25, 0.3) is 0 Å². The van der Waals surface area contributed by atoms with Crippen molar-refractivity contribution in [1.82, 2.24) is 0 Å². The van der Waals surface area contributed by atoms with E-state index in [2.05, 4.69) is 6.92 Å². The highest BCUT2D eigenvalue weighted by atomic mass is 16.6. The molecule has 2 N–H and O–H groups in total. The van der Waals surface area contributed by atoms with Gasteiger partial charge in [-0.05, 0) is 6.42 Å². The summed E-state index contributed by atoms with van der Waals surface area (Å²) in [6.45, 7) is 2.84. The minimum absolute atomic E-state index is 0. The zero-order valence-corrected chi connectivity index (χ0v) is 7.64. The molecule has 0 aromatic rings. The molecule has 1 unspecified atom stereocenters. The molecule has 0 amide bonds. The zero-order chi connectivity index (χ0) is 8.16. The molecule has 1 rings (SSSR count). The molecule has 12 heavy (non-hydrogen) atoms. The van der Waals surface area contributed by atoms with Crippen LogP contribution in [0.1, 0.15) is 39.0 Å². The van der Waals surface area contributed by atoms with Crippen LogP contribution in [0.5, 0.6) is 0 Å². The van der Waals surface area contributed by atoms with E-state index in [1.165, 1.54) is 19.3 Å². The Labute approximate surface area is 73.4 Å². The summed E-state index contributed by atoms with van der Waals surface area (Å²) in [6.07, 6.45) is 6.77. The lowest BCUT2D eigenvalue weighted by Crippen LogP contribution is -2.11. The van der Waals surface area contributed by atoms with E-state index in [-0.39, 0.29) is 11.1 Å². The first-order valence-corrected chi connectivity index (χ1v) is 4.43. The second-order valence-corrected chi connectivity index (χ2v) is 3.28. The Balaban J connectivity index is 0.00000121. The Kier molecular flexibility index (Phi) is 5.09. The molecule has 72 valence electrons. The molecule has 0 aromatic heterocycles. The molecule has 3 heteroatoms. The van der Waals surface area contributed by atoms with E-state index in [1.807, 2.05) is 0 Å². The largest absolute Gasteiger partial charge is 0.412 e. The number of epoxide rings is 1. The van der Waals surface area contributed by atoms with Gasteiger partial charge in [0.05, 0.1) is 6.61 Å². The van der Waals surface area contributed by atoms with Crippen molar-refractivity contribution in [2.24, 2.45) is 0 Å². The van der Waals surface area contributed by atoms with Crippen LogP contribution in [0.3, 0.4) is 0 Å². The van der Waals surface area contributed by atoms with Crippen LogP contribution in [0, 0.1) is 0 Å². The molecule has 0 saturated carbocycles. The van der Waals surface area contributed by atoms with E-state index in [1.54, 1.807) is 0 Å². The van der Waals surface area contributed by atoms with Gasteiger partial charge in [-0.1, -0.05) is 32.6 Å². The van der Waals surface area contributed by atoms with Crippen molar-refractivity contribution in [2.45, 2.75) is 44.6 Å². The van der Waals surface area contributed by atoms with Crippen LogP contribution >= 0.6 is 0 Å². The molecule has 1 saturated heterocycles. The van der Waals surface area contributed by atoms with Gasteiger partial charge in [0.15, 0.2) is 6.29 Å². The second kappa shape index (κ2) is 5.27. The third-order valence-electron chi connectivity index (χ3n) is 2.18. The lowest BCUT2D eigenvalue weighted by atomic mass is 10.0. The average Bonchev–Trinajstić information content (AvgIpc) is 2.80. The third kappa shape index (κ3) is 3.32. The highest BCUT2D eigenvalue weighted by Gasteiger charge is 2.43. The van der Waals surface area contributed by atoms with Crippen molar-refractivity contribution in [2.75, 3.05) is 6.61 Å². The van der Waals surface area contributed by atoms with Gasteiger partial charge in [0, 0.05) is 0 Å². The van der Waals surface area contributed by atoms with E-state index in [4.69, 9.17) is 4.74 Å². The average molecular weight is 174 g/mol. The Morgan fingerprint density at radius 3 is 2.50 bits per heavy atom. The van der Waals surface area contributed by atoms with E-state index in [0.29, 0.717) is 6.61 Å². The molecule has 0 radical (unpaired) electrons. The van der Waals surface area contributed by atoms with Gasteiger partial charge in [0.1, 0.15) is 5.60 Å². The van der Waals surface area contributed by atoms with Gasteiger partial charge in [-0.15, -0.1) is 0 Å². The van der Waals surface area contributed by atoms with Crippen LogP contribution < -0.4 is 0 Å². The van der Waals surface area contributed by atoms with Gasteiger partial charge in [-0.3, -0.25) is 0 Å². The van der Waals surface area contributed by atoms with Crippen molar-refractivity contribution < 1.29 is 15.0 Å². The molecule has 0 bridgehead atoms. The maximum atomic E-state index is 10.4. The van der Waals surface area contributed by atoms with Crippen LogP contribution in [0.15, 0.2) is 0 Å². The lowest BCUT2D eigenvalue weighted by Gasteiger charge is -2.01. The minimum atomic E-state index is -0.340. The number of hydrogen-bond acceptors (Lipinski definition) is 2. The smallest absolute Gasteiger partial charge is 0.154 e. The first-order valence-electron chi connectivity index (χ1n) is 4.43. The van der Waals surface area contributed by atoms with Gasteiger partial charge in [0.25, 0.3) is 0 Å². The Morgan fingerprint density at radius 2 is 2.08 bits per heavy atom.